The molecule has 0 spiro atoms. The Hall–Kier alpha value is -4.31. The Kier molecular flexibility index (Phi) is 8.49. The number of hydrogen-bond acceptors (Lipinski definition) is 7. The van der Waals surface area contributed by atoms with Crippen LogP contribution in [0.4, 0.5) is 4.39 Å². The van der Waals surface area contributed by atoms with Crippen molar-refractivity contribution in [2.45, 2.75) is 40.5 Å². The molecule has 1 aromatic heterocycles. The van der Waals surface area contributed by atoms with Gasteiger partial charge in [0.15, 0.2) is 17.3 Å². The molecule has 8 nitrogen and oxygen atoms in total. The zero-order valence-electron chi connectivity index (χ0n) is 22.6. The number of amides is 1. The average molecular weight is 565 g/mol. The van der Waals surface area contributed by atoms with Crippen LogP contribution in [0.2, 0.25) is 0 Å². The average Bonchev–Trinajstić information content (AvgIpc) is 2.89. The lowest BCUT2D eigenvalue weighted by Crippen LogP contribution is -2.34. The molecule has 4 rings (SSSR count). The third kappa shape index (κ3) is 6.28. The quantitative estimate of drug-likeness (QED) is 0.346. The summed E-state index contributed by atoms with van der Waals surface area (Å²) in [5.74, 6) is -1.88. The summed E-state index contributed by atoms with van der Waals surface area (Å²) in [4.78, 5) is 29.4. The largest absolute Gasteiger partial charge is 0.491 e. The lowest BCUT2D eigenvalue weighted by atomic mass is 10.1. The number of nitrogens with zero attached hydrogens (tertiary/aromatic N) is 1. The number of nitrogens with one attached hydrogen (secondary N) is 1. The van der Waals surface area contributed by atoms with Crippen LogP contribution in [0.3, 0.4) is 0 Å². The molecule has 1 aliphatic carbocycles. The van der Waals surface area contributed by atoms with Gasteiger partial charge in [-0.15, -0.1) is 0 Å². The molecule has 0 unspecified atom stereocenters. The van der Waals surface area contributed by atoms with Gasteiger partial charge in [0.1, 0.15) is 16.2 Å². The molecule has 0 saturated carbocycles. The number of carbonyl (C=O) groups is 2. The summed E-state index contributed by atoms with van der Waals surface area (Å²) in [5.41, 5.74) is 3.05. The Labute approximate surface area is 232 Å². The molecular formula is C30H29FN2O6S. The molecule has 1 N–H and O–H groups in total. The molecule has 0 bridgehead atoms. The maximum atomic E-state index is 14.7. The Morgan fingerprint density at radius 2 is 1.80 bits per heavy atom. The highest BCUT2D eigenvalue weighted by Gasteiger charge is 2.29. The molecule has 2 aromatic carbocycles. The zero-order chi connectivity index (χ0) is 29.0. The smallest absolute Gasteiger partial charge is 0.270 e. The number of pyridine rings is 1. The predicted molar refractivity (Wildman–Crippen MR) is 149 cm³/mol. The number of aromatic nitrogens is 1. The molecule has 10 heteroatoms. The number of Topliss-reactive ketones (excluding diaryl/α,β-unsaturated/α-hetero) is 1. The number of benzene rings is 2. The summed E-state index contributed by atoms with van der Waals surface area (Å²) in [6.07, 6.45) is 4.74. The van der Waals surface area contributed by atoms with Crippen molar-refractivity contribution in [3.8, 4) is 28.6 Å². The van der Waals surface area contributed by atoms with Gasteiger partial charge in [0.2, 0.25) is 5.88 Å². The molecule has 40 heavy (non-hydrogen) atoms. The van der Waals surface area contributed by atoms with Crippen molar-refractivity contribution in [1.82, 2.24) is 9.71 Å². The fourth-order valence-electron chi connectivity index (χ4n) is 4.26. The predicted octanol–water partition coefficient (Wildman–Crippen LogP) is 5.87. The summed E-state index contributed by atoms with van der Waals surface area (Å²) >= 11 is 0. The van der Waals surface area contributed by atoms with Gasteiger partial charge in [0.25, 0.3) is 15.9 Å². The first-order valence-electron chi connectivity index (χ1n) is 12.7. The number of allylic oxidation sites excluding steroid dienone is 4. The van der Waals surface area contributed by atoms with Crippen LogP contribution >= 0.6 is 0 Å². The molecule has 1 amide bonds. The van der Waals surface area contributed by atoms with E-state index in [0.717, 1.165) is 29.2 Å². The van der Waals surface area contributed by atoms with Crippen molar-refractivity contribution in [2.24, 2.45) is 0 Å². The third-order valence-corrected chi connectivity index (χ3v) is 7.47. The minimum Gasteiger partial charge on any atom is -0.491 e. The van der Waals surface area contributed by atoms with Gasteiger partial charge < -0.3 is 9.47 Å². The summed E-state index contributed by atoms with van der Waals surface area (Å²) in [5, 5.41) is 0. The fraction of sp³-hybridized carbons (Fsp3) is 0.233. The van der Waals surface area contributed by atoms with E-state index >= 15 is 0 Å². The lowest BCUT2D eigenvalue weighted by Gasteiger charge is -2.16. The van der Waals surface area contributed by atoms with Gasteiger partial charge in [-0.05, 0) is 74.7 Å². The monoisotopic (exact) mass is 564 g/mol. The number of rotatable bonds is 9. The third-order valence-electron chi connectivity index (χ3n) is 6.08. The normalized spacial score (nSPS) is 13.1. The van der Waals surface area contributed by atoms with E-state index in [2.05, 4.69) is 4.98 Å². The number of halogens is 1. The Bertz CT molecular complexity index is 1640. The number of carbonyl (C=O) groups excluding carboxylic acids is 2. The minimum atomic E-state index is -4.46. The van der Waals surface area contributed by atoms with E-state index in [1.54, 1.807) is 6.07 Å². The van der Waals surface area contributed by atoms with Gasteiger partial charge in [0, 0.05) is 12.0 Å². The number of aryl methyl sites for hydroxylation is 3. The Morgan fingerprint density at radius 1 is 1.07 bits per heavy atom. The van der Waals surface area contributed by atoms with Crippen molar-refractivity contribution in [3.63, 3.8) is 0 Å². The van der Waals surface area contributed by atoms with Gasteiger partial charge in [-0.25, -0.2) is 22.5 Å². The van der Waals surface area contributed by atoms with Crippen molar-refractivity contribution in [3.05, 3.63) is 93.7 Å². The number of ketones is 1. The zero-order valence-corrected chi connectivity index (χ0v) is 23.4. The molecule has 3 aromatic rings. The number of hydrogen-bond donors (Lipinski definition) is 1. The van der Waals surface area contributed by atoms with E-state index in [1.807, 2.05) is 44.5 Å². The van der Waals surface area contributed by atoms with Gasteiger partial charge >= 0.3 is 0 Å². The standard InChI is InChI=1S/C30H29FN2O6S/c1-5-14-38-26-13-10-21(17-23(26)31)24-12-11-22(29(35)33-40(36,37)27-9-7-6-8-25(27)34)30(32-24)39-28-19(3)15-18(2)16-20(28)4/h6-7,9-13,15-17H,5,8,14H2,1-4H3,(H,33,35). The van der Waals surface area contributed by atoms with Crippen LogP contribution in [-0.4, -0.2) is 31.7 Å². The van der Waals surface area contributed by atoms with E-state index < -0.39 is 32.4 Å². The first-order chi connectivity index (χ1) is 19.0. The topological polar surface area (TPSA) is 112 Å². The van der Waals surface area contributed by atoms with Gasteiger partial charge in [-0.3, -0.25) is 9.59 Å². The molecule has 0 radical (unpaired) electrons. The highest BCUT2D eigenvalue weighted by molar-refractivity contribution is 7.95. The molecule has 0 aliphatic heterocycles. The lowest BCUT2D eigenvalue weighted by molar-refractivity contribution is -0.114. The molecule has 1 aliphatic rings. The van der Waals surface area contributed by atoms with Crippen molar-refractivity contribution >= 4 is 21.7 Å². The first-order valence-corrected chi connectivity index (χ1v) is 14.1. The van der Waals surface area contributed by atoms with Crippen LogP contribution in [0.25, 0.3) is 11.3 Å². The van der Waals surface area contributed by atoms with Gasteiger partial charge in [0.05, 0.1) is 12.3 Å². The number of sulfonamides is 1. The second-order valence-corrected chi connectivity index (χ2v) is 11.0. The van der Waals surface area contributed by atoms with E-state index in [9.17, 15) is 22.4 Å². The van der Waals surface area contributed by atoms with Crippen molar-refractivity contribution in [1.29, 1.82) is 0 Å². The minimum absolute atomic E-state index is 0.0869. The maximum Gasteiger partial charge on any atom is 0.270 e. The van der Waals surface area contributed by atoms with E-state index in [0.29, 0.717) is 17.9 Å². The van der Waals surface area contributed by atoms with Crippen LogP contribution in [0.15, 0.2) is 65.6 Å². The van der Waals surface area contributed by atoms with Crippen LogP contribution in [0.5, 0.6) is 17.4 Å². The van der Waals surface area contributed by atoms with Crippen LogP contribution < -0.4 is 14.2 Å². The Balaban J connectivity index is 1.76. The highest BCUT2D eigenvalue weighted by Crippen LogP contribution is 2.33. The molecule has 208 valence electrons. The summed E-state index contributed by atoms with van der Waals surface area (Å²) < 4.78 is 53.9. The maximum absolute atomic E-state index is 14.7. The fourth-order valence-corrected chi connectivity index (χ4v) is 5.37. The van der Waals surface area contributed by atoms with Crippen molar-refractivity contribution in [2.75, 3.05) is 6.61 Å². The van der Waals surface area contributed by atoms with Crippen molar-refractivity contribution < 1.29 is 31.9 Å². The van der Waals surface area contributed by atoms with Gasteiger partial charge in [-0.1, -0.05) is 36.8 Å². The molecule has 0 fully saturated rings. The SMILES string of the molecule is CCCOc1ccc(-c2ccc(C(=O)NS(=O)(=O)C3=CC=CCC3=O)c(Oc3c(C)cc(C)cc3C)n2)cc1F. The second kappa shape index (κ2) is 11.8. The molecular weight excluding hydrogens is 535 g/mol. The highest BCUT2D eigenvalue weighted by atomic mass is 32.2. The summed E-state index contributed by atoms with van der Waals surface area (Å²) in [6, 6.07) is 11.0. The van der Waals surface area contributed by atoms with Gasteiger partial charge in [-0.2, -0.15) is 0 Å². The molecule has 0 atom stereocenters. The van der Waals surface area contributed by atoms with E-state index in [1.165, 1.54) is 36.4 Å². The van der Waals surface area contributed by atoms with Crippen LogP contribution in [0, 0.1) is 26.6 Å². The van der Waals surface area contributed by atoms with Crippen LogP contribution in [0.1, 0.15) is 46.8 Å². The van der Waals surface area contributed by atoms with E-state index in [-0.39, 0.29) is 29.3 Å². The summed E-state index contributed by atoms with van der Waals surface area (Å²) in [7, 11) is -4.46. The molecule has 0 saturated heterocycles. The number of ether oxygens (including phenoxy) is 2. The first kappa shape index (κ1) is 28.7. The Morgan fingerprint density at radius 3 is 2.45 bits per heavy atom. The molecule has 1 heterocycles. The summed E-state index contributed by atoms with van der Waals surface area (Å²) in [6.45, 7) is 7.89. The second-order valence-electron chi connectivity index (χ2n) is 9.39. The van der Waals surface area contributed by atoms with E-state index in [4.69, 9.17) is 9.47 Å². The van der Waals surface area contributed by atoms with Crippen LogP contribution in [-0.2, 0) is 14.8 Å².